The monoisotopic (exact) mass is 293 g/mol. The van der Waals surface area contributed by atoms with Gasteiger partial charge >= 0.3 is 5.97 Å². The van der Waals surface area contributed by atoms with Crippen molar-refractivity contribution in [2.45, 2.75) is 19.9 Å². The van der Waals surface area contributed by atoms with E-state index < -0.39 is 12.0 Å². The van der Waals surface area contributed by atoms with Gasteiger partial charge in [-0.15, -0.1) is 0 Å². The highest BCUT2D eigenvalue weighted by Gasteiger charge is 2.25. The largest absolute Gasteiger partial charge is 0.480 e. The molecule has 0 amide bonds. The Kier molecular flexibility index (Phi) is 4.42. The van der Waals surface area contributed by atoms with Crippen LogP contribution in [0, 0.1) is 17.0 Å². The maximum absolute atomic E-state index is 11.0. The van der Waals surface area contributed by atoms with E-state index in [1.165, 1.54) is 0 Å². The Morgan fingerprint density at radius 2 is 1.95 bits per heavy atom. The molecule has 1 fully saturated rings. The van der Waals surface area contributed by atoms with Crippen LogP contribution in [0.2, 0.25) is 0 Å². The van der Waals surface area contributed by atoms with Crippen molar-refractivity contribution in [3.8, 4) is 0 Å². The number of benzene rings is 1. The molecule has 0 saturated carbocycles. The van der Waals surface area contributed by atoms with Crippen molar-refractivity contribution >= 4 is 17.3 Å². The molecule has 7 heteroatoms. The Labute approximate surface area is 122 Å². The molecule has 2 rings (SSSR count). The molecular formula is C14H19N3O4. The van der Waals surface area contributed by atoms with Crippen molar-refractivity contribution in [2.24, 2.45) is 0 Å². The fourth-order valence-electron chi connectivity index (χ4n) is 2.51. The molecule has 1 N–H and O–H groups in total. The number of anilines is 1. The van der Waals surface area contributed by atoms with E-state index in [0.29, 0.717) is 31.7 Å². The first-order valence-corrected chi connectivity index (χ1v) is 6.87. The zero-order valence-electron chi connectivity index (χ0n) is 12.2. The summed E-state index contributed by atoms with van der Waals surface area (Å²) in [5.74, 6) is -0.825. The first-order valence-electron chi connectivity index (χ1n) is 6.87. The highest BCUT2D eigenvalue weighted by atomic mass is 16.6. The fourth-order valence-corrected chi connectivity index (χ4v) is 2.51. The number of carboxylic acid groups (broad SMARTS) is 1. The Hall–Kier alpha value is -2.15. The van der Waals surface area contributed by atoms with E-state index in [9.17, 15) is 14.9 Å². The first kappa shape index (κ1) is 15.2. The minimum Gasteiger partial charge on any atom is -0.480 e. The number of hydrogen-bond donors (Lipinski definition) is 1. The van der Waals surface area contributed by atoms with Crippen LogP contribution in [-0.2, 0) is 4.79 Å². The van der Waals surface area contributed by atoms with E-state index in [1.807, 2.05) is 11.0 Å². The lowest BCUT2D eigenvalue weighted by atomic mass is 10.1. The van der Waals surface area contributed by atoms with Gasteiger partial charge in [-0.25, -0.2) is 0 Å². The van der Waals surface area contributed by atoms with Crippen LogP contribution >= 0.6 is 0 Å². The van der Waals surface area contributed by atoms with Gasteiger partial charge in [0.2, 0.25) is 0 Å². The molecule has 1 aliphatic rings. The van der Waals surface area contributed by atoms with Crippen LogP contribution in [0.5, 0.6) is 0 Å². The van der Waals surface area contributed by atoms with E-state index >= 15 is 0 Å². The summed E-state index contributed by atoms with van der Waals surface area (Å²) in [6, 6.07) is 4.71. The molecular weight excluding hydrogens is 274 g/mol. The lowest BCUT2D eigenvalue weighted by Crippen LogP contribution is -2.51. The summed E-state index contributed by atoms with van der Waals surface area (Å²) in [6.07, 6.45) is 0. The van der Waals surface area contributed by atoms with Crippen molar-refractivity contribution < 1.29 is 14.8 Å². The number of aliphatic carboxylic acids is 1. The van der Waals surface area contributed by atoms with Gasteiger partial charge in [0, 0.05) is 43.5 Å². The molecule has 114 valence electrons. The molecule has 1 heterocycles. The highest BCUT2D eigenvalue weighted by molar-refractivity contribution is 5.73. The number of carboxylic acids is 1. The Bertz CT molecular complexity index is 553. The standard InChI is InChI=1S/C14H19N3O4/c1-10-3-4-12(9-13(10)17(20)21)16-7-5-15(6-8-16)11(2)14(18)19/h3-4,9,11H,5-8H2,1-2H3,(H,18,19). The summed E-state index contributed by atoms with van der Waals surface area (Å²) in [6.45, 7) is 5.99. The van der Waals surface area contributed by atoms with Gasteiger partial charge < -0.3 is 10.0 Å². The zero-order valence-corrected chi connectivity index (χ0v) is 12.2. The van der Waals surface area contributed by atoms with Gasteiger partial charge in [0.05, 0.1) is 4.92 Å². The number of nitro benzene ring substituents is 1. The van der Waals surface area contributed by atoms with Crippen LogP contribution in [0.3, 0.4) is 0 Å². The maximum Gasteiger partial charge on any atom is 0.320 e. The second-order valence-corrected chi connectivity index (χ2v) is 5.27. The predicted octanol–water partition coefficient (Wildman–Crippen LogP) is 1.50. The predicted molar refractivity (Wildman–Crippen MR) is 78.7 cm³/mol. The molecule has 1 atom stereocenters. The Morgan fingerprint density at radius 1 is 1.33 bits per heavy atom. The van der Waals surface area contributed by atoms with E-state index in [2.05, 4.69) is 4.90 Å². The van der Waals surface area contributed by atoms with Crippen molar-refractivity contribution in [1.82, 2.24) is 4.90 Å². The molecule has 1 aromatic rings. The number of carbonyl (C=O) groups is 1. The van der Waals surface area contributed by atoms with E-state index in [-0.39, 0.29) is 10.6 Å². The van der Waals surface area contributed by atoms with Gasteiger partial charge in [0.15, 0.2) is 0 Å². The van der Waals surface area contributed by atoms with Crippen LogP contribution in [0.1, 0.15) is 12.5 Å². The van der Waals surface area contributed by atoms with Gasteiger partial charge in [0.1, 0.15) is 6.04 Å². The zero-order chi connectivity index (χ0) is 15.6. The molecule has 0 aromatic heterocycles. The van der Waals surface area contributed by atoms with Crippen LogP contribution in [0.15, 0.2) is 18.2 Å². The van der Waals surface area contributed by atoms with Crippen LogP contribution in [0.25, 0.3) is 0 Å². The maximum atomic E-state index is 11.0. The number of nitrogens with zero attached hydrogens (tertiary/aromatic N) is 3. The van der Waals surface area contributed by atoms with Gasteiger partial charge in [-0.2, -0.15) is 0 Å². The third-order valence-electron chi connectivity index (χ3n) is 3.97. The number of aryl methyl sites for hydroxylation is 1. The smallest absolute Gasteiger partial charge is 0.320 e. The van der Waals surface area contributed by atoms with Crippen LogP contribution in [0.4, 0.5) is 11.4 Å². The molecule has 0 bridgehead atoms. The third kappa shape index (κ3) is 3.30. The quantitative estimate of drug-likeness (QED) is 0.668. The van der Waals surface area contributed by atoms with Crippen LogP contribution in [-0.4, -0.2) is 53.1 Å². The summed E-state index contributed by atoms with van der Waals surface area (Å²) in [7, 11) is 0. The van der Waals surface area contributed by atoms with Crippen molar-refractivity contribution in [3.05, 3.63) is 33.9 Å². The van der Waals surface area contributed by atoms with Crippen LogP contribution < -0.4 is 4.90 Å². The number of piperazine rings is 1. The lowest BCUT2D eigenvalue weighted by Gasteiger charge is -2.37. The van der Waals surface area contributed by atoms with E-state index in [0.717, 1.165) is 5.69 Å². The minimum atomic E-state index is -0.825. The SMILES string of the molecule is Cc1ccc(N2CCN(C(C)C(=O)O)CC2)cc1[N+](=O)[O-]. The molecule has 21 heavy (non-hydrogen) atoms. The van der Waals surface area contributed by atoms with Crippen molar-refractivity contribution in [3.63, 3.8) is 0 Å². The molecule has 0 radical (unpaired) electrons. The van der Waals surface area contributed by atoms with E-state index in [1.54, 1.807) is 26.0 Å². The fraction of sp³-hybridized carbons (Fsp3) is 0.500. The average Bonchev–Trinajstić information content (AvgIpc) is 2.46. The molecule has 7 nitrogen and oxygen atoms in total. The lowest BCUT2D eigenvalue weighted by molar-refractivity contribution is -0.385. The summed E-state index contributed by atoms with van der Waals surface area (Å²) in [5, 5.41) is 20.0. The third-order valence-corrected chi connectivity index (χ3v) is 3.97. The van der Waals surface area contributed by atoms with Gasteiger partial charge in [-0.3, -0.25) is 19.8 Å². The Morgan fingerprint density at radius 3 is 2.48 bits per heavy atom. The molecule has 1 saturated heterocycles. The van der Waals surface area contributed by atoms with Crippen molar-refractivity contribution in [2.75, 3.05) is 31.1 Å². The molecule has 0 aliphatic carbocycles. The molecule has 1 aromatic carbocycles. The average molecular weight is 293 g/mol. The summed E-state index contributed by atoms with van der Waals surface area (Å²) < 4.78 is 0. The first-order chi connectivity index (χ1) is 9.90. The summed E-state index contributed by atoms with van der Waals surface area (Å²) >= 11 is 0. The topological polar surface area (TPSA) is 86.9 Å². The summed E-state index contributed by atoms with van der Waals surface area (Å²) in [5.41, 5.74) is 1.57. The Balaban J connectivity index is 2.07. The normalized spacial score (nSPS) is 17.5. The number of rotatable bonds is 4. The second-order valence-electron chi connectivity index (χ2n) is 5.27. The van der Waals surface area contributed by atoms with Gasteiger partial charge in [0.25, 0.3) is 5.69 Å². The highest BCUT2D eigenvalue weighted by Crippen LogP contribution is 2.26. The molecule has 1 aliphatic heterocycles. The van der Waals surface area contributed by atoms with Gasteiger partial charge in [-0.05, 0) is 19.9 Å². The van der Waals surface area contributed by atoms with E-state index in [4.69, 9.17) is 5.11 Å². The minimum absolute atomic E-state index is 0.119. The molecule has 1 unspecified atom stereocenters. The number of nitro groups is 1. The second kappa shape index (κ2) is 6.09. The van der Waals surface area contributed by atoms with Gasteiger partial charge in [-0.1, -0.05) is 6.07 Å². The van der Waals surface area contributed by atoms with Crippen molar-refractivity contribution in [1.29, 1.82) is 0 Å². The number of hydrogen-bond acceptors (Lipinski definition) is 5. The molecule has 0 spiro atoms. The summed E-state index contributed by atoms with van der Waals surface area (Å²) in [4.78, 5) is 25.5.